The number of rotatable bonds is 5. The topological polar surface area (TPSA) is 75.9 Å². The first kappa shape index (κ1) is 14.1. The number of nitrogens with two attached hydrogens (primary N) is 1. The van der Waals surface area contributed by atoms with Crippen molar-refractivity contribution in [3.05, 3.63) is 47.3 Å². The summed E-state index contributed by atoms with van der Waals surface area (Å²) in [5, 5.41) is 3.01. The lowest BCUT2D eigenvalue weighted by Gasteiger charge is -2.13. The maximum Gasteiger partial charge on any atom is 0.148 e. The van der Waals surface area contributed by atoms with Crippen molar-refractivity contribution in [2.75, 3.05) is 10.7 Å². The van der Waals surface area contributed by atoms with Crippen LogP contribution in [0, 0.1) is 11.6 Å². The molecule has 1 heterocycles. The molecule has 5 nitrogen and oxygen atoms in total. The number of anilines is 2. The van der Waals surface area contributed by atoms with E-state index in [0.717, 1.165) is 11.6 Å². The highest BCUT2D eigenvalue weighted by Gasteiger charge is 2.10. The molecule has 2 aromatic rings. The van der Waals surface area contributed by atoms with Crippen LogP contribution < -0.4 is 16.6 Å². The Labute approximate surface area is 115 Å². The summed E-state index contributed by atoms with van der Waals surface area (Å²) in [6, 6.07) is 3.46. The molecule has 20 heavy (non-hydrogen) atoms. The molecule has 0 unspecified atom stereocenters. The summed E-state index contributed by atoms with van der Waals surface area (Å²) < 4.78 is 26.4. The number of benzene rings is 1. The molecule has 1 aromatic carbocycles. The molecule has 0 aliphatic heterocycles. The van der Waals surface area contributed by atoms with Gasteiger partial charge in [-0.3, -0.25) is 0 Å². The Morgan fingerprint density at radius 1 is 1.20 bits per heavy atom. The van der Waals surface area contributed by atoms with E-state index in [4.69, 9.17) is 5.84 Å². The van der Waals surface area contributed by atoms with Crippen LogP contribution in [0.3, 0.4) is 0 Å². The number of halogens is 2. The predicted octanol–water partition coefficient (Wildman–Crippen LogP) is 2.21. The summed E-state index contributed by atoms with van der Waals surface area (Å²) in [5.74, 6) is 5.26. The first-order chi connectivity index (χ1) is 9.65. The van der Waals surface area contributed by atoms with Crippen molar-refractivity contribution >= 4 is 11.6 Å². The highest BCUT2D eigenvalue weighted by Crippen LogP contribution is 2.20. The predicted molar refractivity (Wildman–Crippen MR) is 72.9 cm³/mol. The van der Waals surface area contributed by atoms with Crippen molar-refractivity contribution < 1.29 is 8.78 Å². The monoisotopic (exact) mass is 279 g/mol. The molecule has 1 aromatic heterocycles. The van der Waals surface area contributed by atoms with Crippen molar-refractivity contribution in [3.8, 4) is 0 Å². The average Bonchev–Trinajstić information content (AvgIpc) is 2.45. The van der Waals surface area contributed by atoms with E-state index in [1.54, 1.807) is 0 Å². The van der Waals surface area contributed by atoms with Gasteiger partial charge < -0.3 is 10.7 Å². The van der Waals surface area contributed by atoms with Crippen molar-refractivity contribution in [2.24, 2.45) is 5.84 Å². The maximum absolute atomic E-state index is 13.5. The maximum atomic E-state index is 13.5. The summed E-state index contributed by atoms with van der Waals surface area (Å²) in [6.45, 7) is 2.13. The van der Waals surface area contributed by atoms with Crippen LogP contribution in [0.2, 0.25) is 0 Å². The van der Waals surface area contributed by atoms with Gasteiger partial charge in [0, 0.05) is 23.7 Å². The van der Waals surface area contributed by atoms with Gasteiger partial charge in [0.15, 0.2) is 0 Å². The highest BCUT2D eigenvalue weighted by molar-refractivity contribution is 5.56. The number of hydrogen-bond donors (Lipinski definition) is 3. The number of hydrogen-bond acceptors (Lipinski definition) is 5. The summed E-state index contributed by atoms with van der Waals surface area (Å²) in [4.78, 5) is 8.11. The highest BCUT2D eigenvalue weighted by atomic mass is 19.1. The summed E-state index contributed by atoms with van der Waals surface area (Å²) >= 11 is 0. The van der Waals surface area contributed by atoms with Crippen molar-refractivity contribution in [1.82, 2.24) is 9.97 Å². The lowest BCUT2D eigenvalue weighted by Crippen LogP contribution is -2.14. The SMILES string of the molecule is CCc1c(NN)ncnc1NCc1ccc(F)cc1F. The largest absolute Gasteiger partial charge is 0.365 e. The van der Waals surface area contributed by atoms with E-state index in [1.807, 2.05) is 6.92 Å². The third-order valence-corrected chi connectivity index (χ3v) is 2.90. The molecule has 106 valence electrons. The Kier molecular flexibility index (Phi) is 4.41. The molecule has 2 rings (SSSR count). The van der Waals surface area contributed by atoms with Gasteiger partial charge in [0.1, 0.15) is 29.6 Å². The van der Waals surface area contributed by atoms with Crippen LogP contribution in [0.5, 0.6) is 0 Å². The van der Waals surface area contributed by atoms with Gasteiger partial charge in [-0.25, -0.2) is 24.6 Å². The fourth-order valence-corrected chi connectivity index (χ4v) is 1.87. The van der Waals surface area contributed by atoms with E-state index in [1.165, 1.54) is 18.5 Å². The van der Waals surface area contributed by atoms with Crippen LogP contribution in [0.25, 0.3) is 0 Å². The van der Waals surface area contributed by atoms with Crippen LogP contribution in [0.1, 0.15) is 18.1 Å². The number of nitrogens with zero attached hydrogens (tertiary/aromatic N) is 2. The minimum Gasteiger partial charge on any atom is -0.365 e. The third-order valence-electron chi connectivity index (χ3n) is 2.90. The smallest absolute Gasteiger partial charge is 0.148 e. The molecule has 0 aliphatic carbocycles. The molecule has 0 saturated heterocycles. The fraction of sp³-hybridized carbons (Fsp3) is 0.231. The second-order valence-corrected chi connectivity index (χ2v) is 4.14. The van der Waals surface area contributed by atoms with Crippen molar-refractivity contribution in [3.63, 3.8) is 0 Å². The molecule has 0 atom stereocenters. The van der Waals surface area contributed by atoms with Gasteiger partial charge in [-0.05, 0) is 12.5 Å². The Bertz CT molecular complexity index is 603. The van der Waals surface area contributed by atoms with Crippen molar-refractivity contribution in [2.45, 2.75) is 19.9 Å². The van der Waals surface area contributed by atoms with Crippen LogP contribution in [0.15, 0.2) is 24.5 Å². The van der Waals surface area contributed by atoms with E-state index in [-0.39, 0.29) is 6.54 Å². The zero-order chi connectivity index (χ0) is 14.5. The first-order valence-electron chi connectivity index (χ1n) is 6.14. The standard InChI is InChI=1S/C13H15F2N5/c1-2-10-12(18-7-19-13(10)20-16)17-6-8-3-4-9(14)5-11(8)15/h3-5,7H,2,6,16H2,1H3,(H2,17,18,19,20). The van der Waals surface area contributed by atoms with Crippen LogP contribution in [0.4, 0.5) is 20.4 Å². The number of nitrogen functional groups attached to an aromatic ring is 1. The molecule has 0 radical (unpaired) electrons. The molecule has 0 saturated carbocycles. The first-order valence-corrected chi connectivity index (χ1v) is 6.14. The number of hydrazine groups is 1. The van der Waals surface area contributed by atoms with E-state index in [0.29, 0.717) is 23.6 Å². The summed E-state index contributed by atoms with van der Waals surface area (Å²) in [6.07, 6.45) is 2.02. The minimum absolute atomic E-state index is 0.195. The molecule has 0 aliphatic rings. The van der Waals surface area contributed by atoms with Crippen LogP contribution in [-0.2, 0) is 13.0 Å². The van der Waals surface area contributed by atoms with E-state index in [2.05, 4.69) is 20.7 Å². The van der Waals surface area contributed by atoms with Gasteiger partial charge in [0.05, 0.1) is 0 Å². The second-order valence-electron chi connectivity index (χ2n) is 4.14. The normalized spacial score (nSPS) is 10.4. The van der Waals surface area contributed by atoms with Gasteiger partial charge >= 0.3 is 0 Å². The summed E-state index contributed by atoms with van der Waals surface area (Å²) in [7, 11) is 0. The third kappa shape index (κ3) is 3.00. The molecule has 0 spiro atoms. The summed E-state index contributed by atoms with van der Waals surface area (Å²) in [5.41, 5.74) is 3.65. The van der Waals surface area contributed by atoms with E-state index < -0.39 is 11.6 Å². The zero-order valence-electron chi connectivity index (χ0n) is 11.0. The lowest BCUT2D eigenvalue weighted by molar-refractivity contribution is 0.574. The Balaban J connectivity index is 2.18. The molecular formula is C13H15F2N5. The molecular weight excluding hydrogens is 264 g/mol. The zero-order valence-corrected chi connectivity index (χ0v) is 11.0. The van der Waals surface area contributed by atoms with Gasteiger partial charge in [-0.1, -0.05) is 13.0 Å². The Hall–Kier alpha value is -2.28. The molecule has 0 bridgehead atoms. The van der Waals surface area contributed by atoms with E-state index in [9.17, 15) is 8.78 Å². The number of nitrogens with one attached hydrogen (secondary N) is 2. The molecule has 7 heteroatoms. The van der Waals surface area contributed by atoms with Crippen LogP contribution >= 0.6 is 0 Å². The average molecular weight is 279 g/mol. The second kappa shape index (κ2) is 6.25. The molecule has 0 amide bonds. The van der Waals surface area contributed by atoms with Crippen molar-refractivity contribution in [1.29, 1.82) is 0 Å². The Morgan fingerprint density at radius 3 is 2.60 bits per heavy atom. The van der Waals surface area contributed by atoms with Gasteiger partial charge in [0.25, 0.3) is 0 Å². The Morgan fingerprint density at radius 2 is 1.95 bits per heavy atom. The van der Waals surface area contributed by atoms with Gasteiger partial charge in [0.2, 0.25) is 0 Å². The van der Waals surface area contributed by atoms with E-state index >= 15 is 0 Å². The van der Waals surface area contributed by atoms with Crippen LogP contribution in [-0.4, -0.2) is 9.97 Å². The lowest BCUT2D eigenvalue weighted by atomic mass is 10.2. The number of aromatic nitrogens is 2. The molecule has 0 fully saturated rings. The minimum atomic E-state index is -0.600. The fourth-order valence-electron chi connectivity index (χ4n) is 1.87. The van der Waals surface area contributed by atoms with Gasteiger partial charge in [-0.2, -0.15) is 0 Å². The molecule has 4 N–H and O–H groups in total. The quantitative estimate of drug-likeness (QED) is 0.578. The van der Waals surface area contributed by atoms with Gasteiger partial charge in [-0.15, -0.1) is 0 Å².